The molecule has 1 rings (SSSR count). The number of rotatable bonds is 6. The Hall–Kier alpha value is -0.630. The van der Waals surface area contributed by atoms with Crippen molar-refractivity contribution in [3.05, 3.63) is 12.2 Å². The van der Waals surface area contributed by atoms with Gasteiger partial charge in [-0.15, -0.1) is 0 Å². The van der Waals surface area contributed by atoms with E-state index in [1.54, 1.807) is 6.92 Å². The number of hydrogen-bond donors (Lipinski definition) is 1. The third-order valence-electron chi connectivity index (χ3n) is 4.02. The van der Waals surface area contributed by atoms with Gasteiger partial charge in [-0.25, -0.2) is 0 Å². The first-order valence-corrected chi connectivity index (χ1v) is 6.88. The first-order chi connectivity index (χ1) is 7.97. The van der Waals surface area contributed by atoms with Crippen molar-refractivity contribution >= 4 is 5.78 Å². The Labute approximate surface area is 105 Å². The monoisotopic (exact) mass is 238 g/mol. The van der Waals surface area contributed by atoms with E-state index in [0.717, 1.165) is 38.5 Å². The van der Waals surface area contributed by atoms with E-state index in [-0.39, 0.29) is 5.78 Å². The normalized spacial score (nSPS) is 29.0. The Morgan fingerprint density at radius 3 is 2.82 bits per heavy atom. The maximum atomic E-state index is 11.4. The maximum Gasteiger partial charge on any atom is 0.157 e. The summed E-state index contributed by atoms with van der Waals surface area (Å²) in [4.78, 5) is 11.4. The van der Waals surface area contributed by atoms with E-state index in [1.165, 1.54) is 6.42 Å². The van der Waals surface area contributed by atoms with Gasteiger partial charge in [0.15, 0.2) is 5.78 Å². The lowest BCUT2D eigenvalue weighted by atomic mass is 9.74. The van der Waals surface area contributed by atoms with E-state index < -0.39 is 5.60 Å². The summed E-state index contributed by atoms with van der Waals surface area (Å²) in [5.74, 6) is 0.807. The van der Waals surface area contributed by atoms with Gasteiger partial charge in [-0.3, -0.25) is 4.79 Å². The number of hydrogen-bond acceptors (Lipinski definition) is 2. The molecule has 1 N–H and O–H groups in total. The number of allylic oxidation sites excluding steroid dienone is 1. The van der Waals surface area contributed by atoms with Crippen LogP contribution < -0.4 is 0 Å². The molecule has 0 saturated heterocycles. The zero-order chi connectivity index (χ0) is 12.9. The summed E-state index contributed by atoms with van der Waals surface area (Å²) in [5.41, 5.74) is 0.126. The average Bonchev–Trinajstić information content (AvgIpc) is 2.28. The zero-order valence-corrected chi connectivity index (χ0v) is 11.3. The first kappa shape index (κ1) is 14.4. The van der Waals surface area contributed by atoms with Crippen LogP contribution in [0, 0.1) is 5.92 Å². The summed E-state index contributed by atoms with van der Waals surface area (Å²) in [6, 6.07) is 0. The quantitative estimate of drug-likeness (QED) is 0.717. The van der Waals surface area contributed by atoms with Gasteiger partial charge in [-0.05, 0) is 44.1 Å². The Balaban J connectivity index is 2.34. The zero-order valence-electron chi connectivity index (χ0n) is 11.3. The molecular weight excluding hydrogens is 212 g/mol. The van der Waals surface area contributed by atoms with Crippen molar-refractivity contribution in [2.24, 2.45) is 5.92 Å². The van der Waals surface area contributed by atoms with Gasteiger partial charge in [0.25, 0.3) is 0 Å². The fourth-order valence-corrected chi connectivity index (χ4v) is 2.83. The van der Waals surface area contributed by atoms with Crippen molar-refractivity contribution in [3.63, 3.8) is 0 Å². The van der Waals surface area contributed by atoms with Crippen LogP contribution >= 0.6 is 0 Å². The van der Waals surface area contributed by atoms with Gasteiger partial charge >= 0.3 is 0 Å². The third kappa shape index (κ3) is 4.63. The number of carbonyl (C=O) groups excluding carboxylic acids is 1. The molecule has 2 atom stereocenters. The molecule has 1 aliphatic carbocycles. The maximum absolute atomic E-state index is 11.4. The van der Waals surface area contributed by atoms with Gasteiger partial charge in [0.2, 0.25) is 0 Å². The molecule has 17 heavy (non-hydrogen) atoms. The minimum absolute atomic E-state index is 0.136. The summed E-state index contributed by atoms with van der Waals surface area (Å²) in [6.45, 7) is 7.60. The molecule has 0 aliphatic heterocycles. The Bertz CT molecular complexity index is 283. The summed E-state index contributed by atoms with van der Waals surface area (Å²) in [6.07, 6.45) is 7.46. The molecule has 0 radical (unpaired) electrons. The van der Waals surface area contributed by atoms with E-state index in [1.807, 2.05) is 0 Å². The molecule has 0 heterocycles. The van der Waals surface area contributed by atoms with Gasteiger partial charge in [0.1, 0.15) is 0 Å². The predicted molar refractivity (Wildman–Crippen MR) is 70.9 cm³/mol. The second-order valence-electron chi connectivity index (χ2n) is 5.65. The minimum atomic E-state index is -0.506. The molecule has 0 aromatic rings. The molecule has 0 spiro atoms. The molecule has 0 aromatic heterocycles. The second-order valence-corrected chi connectivity index (χ2v) is 5.65. The van der Waals surface area contributed by atoms with Crippen molar-refractivity contribution in [1.82, 2.24) is 0 Å². The lowest BCUT2D eigenvalue weighted by molar-refractivity contribution is -0.115. The highest BCUT2D eigenvalue weighted by molar-refractivity contribution is 5.93. The fraction of sp³-hybridized carbons (Fsp3) is 0.800. The van der Waals surface area contributed by atoms with Gasteiger partial charge in [-0.2, -0.15) is 0 Å². The Kier molecular flexibility index (Phi) is 5.38. The summed E-state index contributed by atoms with van der Waals surface area (Å²) >= 11 is 0. The van der Waals surface area contributed by atoms with E-state index in [4.69, 9.17) is 0 Å². The van der Waals surface area contributed by atoms with Crippen molar-refractivity contribution in [3.8, 4) is 0 Å². The van der Waals surface area contributed by atoms with E-state index in [2.05, 4.69) is 13.5 Å². The molecular formula is C15H26O2. The number of aliphatic hydroxyl groups is 1. The minimum Gasteiger partial charge on any atom is -0.390 e. The lowest BCUT2D eigenvalue weighted by Gasteiger charge is -2.36. The van der Waals surface area contributed by atoms with Crippen molar-refractivity contribution in [2.45, 2.75) is 70.8 Å². The Morgan fingerprint density at radius 2 is 2.24 bits per heavy atom. The molecule has 1 saturated carbocycles. The summed E-state index contributed by atoms with van der Waals surface area (Å²) < 4.78 is 0. The van der Waals surface area contributed by atoms with E-state index in [0.29, 0.717) is 17.9 Å². The highest BCUT2D eigenvalue weighted by Crippen LogP contribution is 2.37. The molecule has 0 aromatic carbocycles. The summed E-state index contributed by atoms with van der Waals surface area (Å²) in [7, 11) is 0. The lowest BCUT2D eigenvalue weighted by Crippen LogP contribution is -2.35. The number of ketones is 1. The van der Waals surface area contributed by atoms with Crippen LogP contribution in [-0.4, -0.2) is 16.5 Å². The van der Waals surface area contributed by atoms with Crippen LogP contribution in [0.2, 0.25) is 0 Å². The molecule has 2 nitrogen and oxygen atoms in total. The van der Waals surface area contributed by atoms with Gasteiger partial charge < -0.3 is 5.11 Å². The smallest absolute Gasteiger partial charge is 0.157 e. The van der Waals surface area contributed by atoms with Gasteiger partial charge in [-0.1, -0.05) is 32.8 Å². The molecule has 0 bridgehead atoms. The highest BCUT2D eigenvalue weighted by Gasteiger charge is 2.33. The van der Waals surface area contributed by atoms with Crippen molar-refractivity contribution < 1.29 is 9.90 Å². The van der Waals surface area contributed by atoms with Crippen molar-refractivity contribution in [1.29, 1.82) is 0 Å². The SMILES string of the molecule is C=C(C)C(=O)CCCC1(O)CCC[C@@H](CC)C1. The number of Topliss-reactive ketones (excluding diaryl/α,β-unsaturated/α-hetero) is 1. The molecule has 1 aliphatic rings. The van der Waals surface area contributed by atoms with Crippen LogP contribution in [-0.2, 0) is 4.79 Å². The second kappa shape index (κ2) is 6.34. The van der Waals surface area contributed by atoms with Crippen LogP contribution in [0.3, 0.4) is 0 Å². The molecule has 2 heteroatoms. The average molecular weight is 238 g/mol. The first-order valence-electron chi connectivity index (χ1n) is 6.88. The van der Waals surface area contributed by atoms with E-state index >= 15 is 0 Å². The van der Waals surface area contributed by atoms with Crippen LogP contribution in [0.5, 0.6) is 0 Å². The Morgan fingerprint density at radius 1 is 1.53 bits per heavy atom. The topological polar surface area (TPSA) is 37.3 Å². The molecule has 1 fully saturated rings. The standard InChI is InChI=1S/C15H26O2/c1-4-13-7-5-9-15(17,11-13)10-6-8-14(16)12(2)3/h13,17H,2,4-11H2,1,3H3/t13-,15?/m1/s1. The number of carbonyl (C=O) groups is 1. The van der Waals surface area contributed by atoms with Gasteiger partial charge in [0.05, 0.1) is 5.60 Å². The van der Waals surface area contributed by atoms with Crippen LogP contribution in [0.4, 0.5) is 0 Å². The molecule has 1 unspecified atom stereocenters. The van der Waals surface area contributed by atoms with Gasteiger partial charge in [0, 0.05) is 6.42 Å². The predicted octanol–water partition coefficient (Wildman–Crippen LogP) is 3.63. The molecule has 0 amide bonds. The van der Waals surface area contributed by atoms with Crippen LogP contribution in [0.25, 0.3) is 0 Å². The van der Waals surface area contributed by atoms with Crippen LogP contribution in [0.1, 0.15) is 65.2 Å². The molecule has 98 valence electrons. The third-order valence-corrected chi connectivity index (χ3v) is 4.02. The van der Waals surface area contributed by atoms with Crippen LogP contribution in [0.15, 0.2) is 12.2 Å². The fourth-order valence-electron chi connectivity index (χ4n) is 2.83. The summed E-state index contributed by atoms with van der Waals surface area (Å²) in [5, 5.41) is 10.5. The largest absolute Gasteiger partial charge is 0.390 e. The van der Waals surface area contributed by atoms with Crippen molar-refractivity contribution in [2.75, 3.05) is 0 Å². The van der Waals surface area contributed by atoms with E-state index in [9.17, 15) is 9.90 Å². The highest BCUT2D eigenvalue weighted by atomic mass is 16.3.